The summed E-state index contributed by atoms with van der Waals surface area (Å²) < 4.78 is 21.6. The van der Waals surface area contributed by atoms with Gasteiger partial charge in [0.1, 0.15) is 24.9 Å². The van der Waals surface area contributed by atoms with Crippen molar-refractivity contribution in [2.45, 2.75) is 198 Å². The molecule has 0 aromatic heterocycles. The van der Waals surface area contributed by atoms with Crippen molar-refractivity contribution in [2.24, 2.45) is 0 Å². The molecule has 1 aliphatic rings. The zero-order valence-electron chi connectivity index (χ0n) is 32.8. The molecule has 1 saturated heterocycles. The lowest BCUT2D eigenvalue weighted by Gasteiger charge is -2.38. The summed E-state index contributed by atoms with van der Waals surface area (Å²) in [5.41, 5.74) is 0. The van der Waals surface area contributed by atoms with Gasteiger partial charge in [-0.1, -0.05) is 121 Å². The molecule has 0 aromatic rings. The van der Waals surface area contributed by atoms with Crippen LogP contribution >= 0.6 is 0 Å². The molecule has 1 aliphatic heterocycles. The van der Waals surface area contributed by atoms with Gasteiger partial charge in [-0.3, -0.25) is 9.59 Å². The van der Waals surface area contributed by atoms with Crippen molar-refractivity contribution in [3.63, 3.8) is 0 Å². The molecular weight excluding hydrogens is 680 g/mol. The van der Waals surface area contributed by atoms with Gasteiger partial charge in [0.15, 0.2) is 18.5 Å². The highest BCUT2D eigenvalue weighted by Gasteiger charge is 2.47. The molecule has 6 atom stereocenters. The highest BCUT2D eigenvalue weighted by Crippen LogP contribution is 2.23. The predicted molar refractivity (Wildman–Crippen MR) is 206 cm³/mol. The number of esters is 2. The number of carboxylic acid groups (broad SMARTS) is 1. The lowest BCUT2D eigenvalue weighted by Crippen LogP contribution is -2.60. The number of carbonyl (C=O) groups is 3. The number of aliphatic hydroxyl groups is 3. The molecule has 1 heterocycles. The first kappa shape index (κ1) is 48.4. The van der Waals surface area contributed by atoms with E-state index in [1.807, 2.05) is 0 Å². The van der Waals surface area contributed by atoms with Gasteiger partial charge in [-0.25, -0.2) is 4.79 Å². The fourth-order valence-electron chi connectivity index (χ4n) is 5.91. The molecule has 4 N–H and O–H groups in total. The average molecular weight is 753 g/mol. The molecule has 11 heteroatoms. The summed E-state index contributed by atoms with van der Waals surface area (Å²) in [4.78, 5) is 36.6. The van der Waals surface area contributed by atoms with Crippen LogP contribution in [0.5, 0.6) is 0 Å². The standard InChI is InChI=1S/C42H72O11/c1-3-5-7-9-11-13-15-16-17-18-19-20-21-23-24-26-28-30-35(43)50-32-34(33-51-42-39(47)37(45)38(46)40(53-42)41(48)49)52-36(44)31-29-27-25-22-14-12-10-8-6-4-2/h8,10-11,13,16-17,34,37-40,42,45-47H,3-7,9,12,14-15,18-33H2,1-2H3,(H,48,49)/b10-8-,13-11-,17-16-. The van der Waals surface area contributed by atoms with E-state index in [0.717, 1.165) is 77.0 Å². The minimum absolute atomic E-state index is 0.170. The van der Waals surface area contributed by atoms with E-state index in [0.29, 0.717) is 12.8 Å². The molecule has 53 heavy (non-hydrogen) atoms. The number of aliphatic carboxylic acids is 1. The number of allylic oxidation sites excluding steroid dienone is 6. The summed E-state index contributed by atoms with van der Waals surface area (Å²) in [6.45, 7) is 3.69. The van der Waals surface area contributed by atoms with Crippen LogP contribution in [-0.4, -0.2) is 88.4 Å². The Morgan fingerprint density at radius 2 is 1.09 bits per heavy atom. The van der Waals surface area contributed by atoms with Crippen molar-refractivity contribution in [3.8, 4) is 0 Å². The summed E-state index contributed by atoms with van der Waals surface area (Å²) in [7, 11) is 0. The number of ether oxygens (including phenoxy) is 4. The van der Waals surface area contributed by atoms with Gasteiger partial charge in [0.2, 0.25) is 0 Å². The third-order valence-corrected chi connectivity index (χ3v) is 9.19. The molecule has 0 bridgehead atoms. The van der Waals surface area contributed by atoms with Gasteiger partial charge in [0.25, 0.3) is 0 Å². The van der Waals surface area contributed by atoms with Gasteiger partial charge in [-0.2, -0.15) is 0 Å². The molecule has 306 valence electrons. The van der Waals surface area contributed by atoms with Crippen molar-refractivity contribution in [1.82, 2.24) is 0 Å². The second kappa shape index (κ2) is 32.8. The molecule has 6 unspecified atom stereocenters. The summed E-state index contributed by atoms with van der Waals surface area (Å²) >= 11 is 0. The molecule has 0 spiro atoms. The molecule has 0 amide bonds. The van der Waals surface area contributed by atoms with Crippen molar-refractivity contribution >= 4 is 17.9 Å². The van der Waals surface area contributed by atoms with E-state index < -0.39 is 61.3 Å². The smallest absolute Gasteiger partial charge is 0.335 e. The first-order valence-corrected chi connectivity index (χ1v) is 20.5. The fourth-order valence-corrected chi connectivity index (χ4v) is 5.91. The third kappa shape index (κ3) is 25.2. The van der Waals surface area contributed by atoms with Crippen LogP contribution in [0.4, 0.5) is 0 Å². The predicted octanol–water partition coefficient (Wildman–Crippen LogP) is 8.03. The topological polar surface area (TPSA) is 169 Å². The Labute approximate surface area is 319 Å². The van der Waals surface area contributed by atoms with Gasteiger partial charge in [-0.15, -0.1) is 0 Å². The first-order chi connectivity index (χ1) is 25.7. The fraction of sp³-hybridized carbons (Fsp3) is 0.786. The van der Waals surface area contributed by atoms with Gasteiger partial charge in [0.05, 0.1) is 6.61 Å². The number of carbonyl (C=O) groups excluding carboxylic acids is 2. The highest BCUT2D eigenvalue weighted by atomic mass is 16.7. The Morgan fingerprint density at radius 3 is 1.66 bits per heavy atom. The van der Waals surface area contributed by atoms with Crippen molar-refractivity contribution in [1.29, 1.82) is 0 Å². The van der Waals surface area contributed by atoms with Crippen LogP contribution in [0.15, 0.2) is 36.5 Å². The molecule has 0 aliphatic carbocycles. The Bertz CT molecular complexity index is 1030. The van der Waals surface area contributed by atoms with E-state index in [1.54, 1.807) is 0 Å². The third-order valence-electron chi connectivity index (χ3n) is 9.19. The molecular formula is C42H72O11. The lowest BCUT2D eigenvalue weighted by atomic mass is 9.99. The van der Waals surface area contributed by atoms with Crippen LogP contribution in [-0.2, 0) is 33.3 Å². The second-order valence-corrected chi connectivity index (χ2v) is 14.1. The molecule has 1 rings (SSSR count). The van der Waals surface area contributed by atoms with Crippen molar-refractivity contribution in [3.05, 3.63) is 36.5 Å². The number of rotatable bonds is 33. The van der Waals surface area contributed by atoms with Crippen molar-refractivity contribution in [2.75, 3.05) is 13.2 Å². The molecule has 0 saturated carbocycles. The second-order valence-electron chi connectivity index (χ2n) is 14.1. The Balaban J connectivity index is 2.39. The summed E-state index contributed by atoms with van der Waals surface area (Å²) in [6, 6.07) is 0. The summed E-state index contributed by atoms with van der Waals surface area (Å²) in [5.74, 6) is -2.47. The number of hydrogen-bond acceptors (Lipinski definition) is 10. The van der Waals surface area contributed by atoms with Crippen LogP contribution in [0.1, 0.15) is 162 Å². The minimum atomic E-state index is -1.86. The lowest BCUT2D eigenvalue weighted by molar-refractivity contribution is -0.298. The number of carboxylic acids is 1. The van der Waals surface area contributed by atoms with Crippen LogP contribution in [0.25, 0.3) is 0 Å². The molecule has 1 fully saturated rings. The van der Waals surface area contributed by atoms with Gasteiger partial charge in [-0.05, 0) is 64.2 Å². The van der Waals surface area contributed by atoms with Gasteiger partial charge < -0.3 is 39.4 Å². The monoisotopic (exact) mass is 753 g/mol. The molecule has 0 radical (unpaired) electrons. The Hall–Kier alpha value is -2.57. The van der Waals surface area contributed by atoms with E-state index in [1.165, 1.54) is 44.9 Å². The van der Waals surface area contributed by atoms with E-state index in [2.05, 4.69) is 50.3 Å². The number of aliphatic hydroxyl groups excluding tert-OH is 3. The minimum Gasteiger partial charge on any atom is -0.479 e. The van der Waals surface area contributed by atoms with Crippen LogP contribution in [0.2, 0.25) is 0 Å². The zero-order chi connectivity index (χ0) is 38.9. The van der Waals surface area contributed by atoms with Crippen LogP contribution in [0.3, 0.4) is 0 Å². The van der Waals surface area contributed by atoms with E-state index in [-0.39, 0.29) is 19.4 Å². The maximum absolute atomic E-state index is 12.7. The van der Waals surface area contributed by atoms with Crippen LogP contribution in [0, 0.1) is 0 Å². The molecule has 0 aromatic carbocycles. The first-order valence-electron chi connectivity index (χ1n) is 20.5. The number of unbranched alkanes of at least 4 members (excludes halogenated alkanes) is 16. The zero-order valence-corrected chi connectivity index (χ0v) is 32.8. The van der Waals surface area contributed by atoms with Gasteiger partial charge in [0, 0.05) is 12.8 Å². The summed E-state index contributed by atoms with van der Waals surface area (Å²) in [5, 5.41) is 39.7. The average Bonchev–Trinajstić information content (AvgIpc) is 3.14. The van der Waals surface area contributed by atoms with E-state index in [4.69, 9.17) is 18.9 Å². The summed E-state index contributed by atoms with van der Waals surface area (Å²) in [6.07, 6.45) is 26.4. The number of hydrogen-bond donors (Lipinski definition) is 4. The molecule has 11 nitrogen and oxygen atoms in total. The maximum atomic E-state index is 12.7. The highest BCUT2D eigenvalue weighted by molar-refractivity contribution is 5.73. The van der Waals surface area contributed by atoms with Crippen molar-refractivity contribution < 1.29 is 53.8 Å². The Morgan fingerprint density at radius 1 is 0.585 bits per heavy atom. The largest absolute Gasteiger partial charge is 0.479 e. The quantitative estimate of drug-likeness (QED) is 0.0291. The van der Waals surface area contributed by atoms with Crippen LogP contribution < -0.4 is 0 Å². The van der Waals surface area contributed by atoms with E-state index >= 15 is 0 Å². The Kier molecular flexibility index (Phi) is 30.0. The maximum Gasteiger partial charge on any atom is 0.335 e. The normalized spacial score (nSPS) is 21.1. The van der Waals surface area contributed by atoms with E-state index in [9.17, 15) is 34.8 Å². The SMILES string of the molecule is CCC/C=C\CCCCCCCC(=O)OC(COC(=O)CCCCCCCCC/C=C\C/C=C\CCCCC)COC1OC(C(=O)O)C(O)C(O)C1O. The van der Waals surface area contributed by atoms with Gasteiger partial charge >= 0.3 is 17.9 Å².